The third kappa shape index (κ3) is 2.98. The molecule has 0 saturated heterocycles. The Morgan fingerprint density at radius 3 is 2.67 bits per heavy atom. The van der Waals surface area contributed by atoms with Crippen LogP contribution in [0.15, 0.2) is 18.3 Å². The van der Waals surface area contributed by atoms with E-state index >= 15 is 0 Å². The van der Waals surface area contributed by atoms with Gasteiger partial charge in [0.2, 0.25) is 0 Å². The number of aryl methyl sites for hydroxylation is 1. The maximum Gasteiger partial charge on any atom is 0.0372 e. The van der Waals surface area contributed by atoms with Gasteiger partial charge in [-0.25, -0.2) is 0 Å². The molecule has 0 amide bonds. The molecule has 3 nitrogen and oxygen atoms in total. The van der Waals surface area contributed by atoms with Crippen LogP contribution in [0.25, 0.3) is 0 Å². The summed E-state index contributed by atoms with van der Waals surface area (Å²) in [7, 11) is 3.95. The van der Waals surface area contributed by atoms with Gasteiger partial charge in [-0.15, -0.1) is 0 Å². The second-order valence-electron chi connectivity index (χ2n) is 3.04. The van der Waals surface area contributed by atoms with Crippen molar-refractivity contribution in [1.82, 2.24) is 15.4 Å². The summed E-state index contributed by atoms with van der Waals surface area (Å²) >= 11 is 0. The minimum atomic E-state index is 0.834. The largest absolute Gasteiger partial charge is 0.261 e. The van der Waals surface area contributed by atoms with Gasteiger partial charge in [-0.1, -0.05) is 6.07 Å². The van der Waals surface area contributed by atoms with E-state index in [4.69, 9.17) is 0 Å². The molecule has 0 aromatic carbocycles. The molecule has 0 radical (unpaired) electrons. The standard InChI is InChI=1S/C9H15N3/c1-8-4-5-9(6-10-8)7-11-12(2)3/h4-6,11H,7H2,1-3H3. The minimum absolute atomic E-state index is 0.834. The molecule has 1 rings (SSSR count). The Labute approximate surface area is 73.4 Å². The molecule has 0 bridgehead atoms. The van der Waals surface area contributed by atoms with Gasteiger partial charge in [0.1, 0.15) is 0 Å². The van der Waals surface area contributed by atoms with Gasteiger partial charge in [-0.2, -0.15) is 0 Å². The summed E-state index contributed by atoms with van der Waals surface area (Å²) in [6.07, 6.45) is 1.89. The molecule has 66 valence electrons. The van der Waals surface area contributed by atoms with Crippen molar-refractivity contribution >= 4 is 0 Å². The Morgan fingerprint density at radius 1 is 1.42 bits per heavy atom. The first-order valence-corrected chi connectivity index (χ1v) is 4.01. The highest BCUT2D eigenvalue weighted by Crippen LogP contribution is 1.98. The Kier molecular flexibility index (Phi) is 3.19. The monoisotopic (exact) mass is 165 g/mol. The number of nitrogens with one attached hydrogen (secondary N) is 1. The molecule has 1 heterocycles. The molecule has 0 aliphatic heterocycles. The number of hydrogen-bond donors (Lipinski definition) is 1. The minimum Gasteiger partial charge on any atom is -0.261 e. The van der Waals surface area contributed by atoms with E-state index < -0.39 is 0 Å². The molecule has 1 aromatic heterocycles. The van der Waals surface area contributed by atoms with Gasteiger partial charge in [-0.05, 0) is 18.6 Å². The van der Waals surface area contributed by atoms with Crippen LogP contribution < -0.4 is 5.43 Å². The molecule has 1 aromatic rings. The van der Waals surface area contributed by atoms with Gasteiger partial charge in [0.05, 0.1) is 0 Å². The Morgan fingerprint density at radius 2 is 2.17 bits per heavy atom. The van der Waals surface area contributed by atoms with Crippen molar-refractivity contribution < 1.29 is 0 Å². The van der Waals surface area contributed by atoms with E-state index in [0.717, 1.165) is 12.2 Å². The van der Waals surface area contributed by atoms with Crippen molar-refractivity contribution in [3.63, 3.8) is 0 Å². The van der Waals surface area contributed by atoms with Crippen molar-refractivity contribution in [2.24, 2.45) is 0 Å². The second-order valence-corrected chi connectivity index (χ2v) is 3.04. The van der Waals surface area contributed by atoms with Crippen LogP contribution in [0.3, 0.4) is 0 Å². The first-order chi connectivity index (χ1) is 5.68. The lowest BCUT2D eigenvalue weighted by atomic mass is 10.2. The highest BCUT2D eigenvalue weighted by Gasteiger charge is 1.92. The zero-order chi connectivity index (χ0) is 8.97. The van der Waals surface area contributed by atoms with Crippen molar-refractivity contribution in [1.29, 1.82) is 0 Å². The first kappa shape index (κ1) is 9.16. The van der Waals surface area contributed by atoms with Gasteiger partial charge in [0, 0.05) is 32.5 Å². The van der Waals surface area contributed by atoms with Crippen LogP contribution in [-0.2, 0) is 6.54 Å². The van der Waals surface area contributed by atoms with Crippen LogP contribution >= 0.6 is 0 Å². The van der Waals surface area contributed by atoms with Crippen molar-refractivity contribution in [3.8, 4) is 0 Å². The van der Waals surface area contributed by atoms with Gasteiger partial charge < -0.3 is 0 Å². The van der Waals surface area contributed by atoms with Gasteiger partial charge in [0.15, 0.2) is 0 Å². The third-order valence-electron chi connectivity index (χ3n) is 1.57. The number of pyridine rings is 1. The molecule has 0 unspecified atom stereocenters. The van der Waals surface area contributed by atoms with Crippen molar-refractivity contribution in [2.45, 2.75) is 13.5 Å². The fourth-order valence-corrected chi connectivity index (χ4v) is 0.852. The zero-order valence-electron chi connectivity index (χ0n) is 7.83. The van der Waals surface area contributed by atoms with Gasteiger partial charge in [0.25, 0.3) is 0 Å². The lowest BCUT2D eigenvalue weighted by molar-refractivity contribution is 0.286. The van der Waals surface area contributed by atoms with Crippen LogP contribution in [0.4, 0.5) is 0 Å². The molecule has 0 aliphatic rings. The highest BCUT2D eigenvalue weighted by molar-refractivity contribution is 5.12. The predicted molar refractivity (Wildman–Crippen MR) is 49.5 cm³/mol. The van der Waals surface area contributed by atoms with Crippen molar-refractivity contribution in [2.75, 3.05) is 14.1 Å². The van der Waals surface area contributed by atoms with E-state index in [1.165, 1.54) is 5.56 Å². The lowest BCUT2D eigenvalue weighted by Gasteiger charge is -2.11. The molecular weight excluding hydrogens is 150 g/mol. The molecule has 12 heavy (non-hydrogen) atoms. The molecule has 0 saturated carbocycles. The third-order valence-corrected chi connectivity index (χ3v) is 1.57. The van der Waals surface area contributed by atoms with Crippen LogP contribution in [0.2, 0.25) is 0 Å². The van der Waals surface area contributed by atoms with E-state index in [-0.39, 0.29) is 0 Å². The summed E-state index contributed by atoms with van der Waals surface area (Å²) in [4.78, 5) is 4.20. The average Bonchev–Trinajstić information content (AvgIpc) is 2.03. The topological polar surface area (TPSA) is 28.2 Å². The van der Waals surface area contributed by atoms with Crippen molar-refractivity contribution in [3.05, 3.63) is 29.6 Å². The summed E-state index contributed by atoms with van der Waals surface area (Å²) in [6, 6.07) is 4.10. The van der Waals surface area contributed by atoms with E-state index in [0.29, 0.717) is 0 Å². The summed E-state index contributed by atoms with van der Waals surface area (Å²) in [5, 5.41) is 1.93. The molecule has 0 aliphatic carbocycles. The van der Waals surface area contributed by atoms with Crippen LogP contribution in [-0.4, -0.2) is 24.1 Å². The Bertz CT molecular complexity index is 228. The van der Waals surface area contributed by atoms with Gasteiger partial charge >= 0.3 is 0 Å². The molecule has 0 atom stereocenters. The number of aromatic nitrogens is 1. The van der Waals surface area contributed by atoms with E-state index in [2.05, 4.69) is 16.5 Å². The van der Waals surface area contributed by atoms with Crippen LogP contribution in [0.5, 0.6) is 0 Å². The molecule has 0 fully saturated rings. The van der Waals surface area contributed by atoms with E-state index in [1.807, 2.05) is 38.3 Å². The molecule has 0 spiro atoms. The van der Waals surface area contributed by atoms with Crippen LogP contribution in [0, 0.1) is 6.92 Å². The average molecular weight is 165 g/mol. The summed E-state index contributed by atoms with van der Waals surface area (Å²) < 4.78 is 0. The fraction of sp³-hybridized carbons (Fsp3) is 0.444. The zero-order valence-corrected chi connectivity index (χ0v) is 7.83. The Balaban J connectivity index is 2.48. The van der Waals surface area contributed by atoms with Crippen LogP contribution in [0.1, 0.15) is 11.3 Å². The summed E-state index contributed by atoms with van der Waals surface area (Å²) in [6.45, 7) is 2.82. The van der Waals surface area contributed by atoms with Gasteiger partial charge in [-0.3, -0.25) is 15.4 Å². The lowest BCUT2D eigenvalue weighted by Crippen LogP contribution is -2.29. The van der Waals surface area contributed by atoms with E-state index in [9.17, 15) is 0 Å². The number of hydrogen-bond acceptors (Lipinski definition) is 3. The molecule has 1 N–H and O–H groups in total. The first-order valence-electron chi connectivity index (χ1n) is 4.01. The summed E-state index contributed by atoms with van der Waals surface area (Å²) in [5.41, 5.74) is 5.44. The fourth-order valence-electron chi connectivity index (χ4n) is 0.852. The Hall–Kier alpha value is -0.930. The molecule has 3 heteroatoms. The predicted octanol–water partition coefficient (Wildman–Crippen LogP) is 0.956. The smallest absolute Gasteiger partial charge is 0.0372 e. The molecular formula is C9H15N3. The SMILES string of the molecule is Cc1ccc(CNN(C)C)cn1. The number of rotatable bonds is 3. The summed E-state index contributed by atoms with van der Waals surface area (Å²) in [5.74, 6) is 0. The maximum atomic E-state index is 4.20. The highest BCUT2D eigenvalue weighted by atomic mass is 15.5. The normalized spacial score (nSPS) is 10.7. The number of nitrogens with zero attached hydrogens (tertiary/aromatic N) is 2. The quantitative estimate of drug-likeness (QED) is 0.676. The number of hydrazine groups is 1. The maximum absolute atomic E-state index is 4.20. The van der Waals surface area contributed by atoms with E-state index in [1.54, 1.807) is 0 Å². The second kappa shape index (κ2) is 4.18.